The Morgan fingerprint density at radius 1 is 0.533 bits per heavy atom. The molecule has 8 heteroatoms. The van der Waals surface area contributed by atoms with Gasteiger partial charge in [0.2, 0.25) is 0 Å². The summed E-state index contributed by atoms with van der Waals surface area (Å²) in [5.74, 6) is 0.745. The van der Waals surface area contributed by atoms with Crippen molar-refractivity contribution in [1.82, 2.24) is 9.13 Å². The molecule has 2 aromatic heterocycles. The normalized spacial score (nSPS) is 27.9. The standard InChI is InChI=1S/C22H28N2O6/c25-19-11-7-15-16(29-15)8-12(11)20(26)23(19)5-3-1-2-4-6-24-21(27)13-9-17-18(30-17)10-14(13)22(24)28/h15-18,25-28H,1-10H2. The molecule has 0 aromatic carbocycles. The molecule has 2 aliphatic heterocycles. The van der Waals surface area contributed by atoms with E-state index in [0.717, 1.165) is 47.9 Å². The number of hydrogen-bond acceptors (Lipinski definition) is 6. The molecule has 2 fully saturated rings. The molecule has 6 rings (SSSR count). The average Bonchev–Trinajstić information content (AvgIpc) is 3.63. The van der Waals surface area contributed by atoms with E-state index in [-0.39, 0.29) is 47.9 Å². The van der Waals surface area contributed by atoms with Crippen LogP contribution < -0.4 is 0 Å². The van der Waals surface area contributed by atoms with Crippen LogP contribution in [-0.4, -0.2) is 54.0 Å². The lowest BCUT2D eigenvalue weighted by Crippen LogP contribution is -2.09. The Morgan fingerprint density at radius 3 is 1.13 bits per heavy atom. The van der Waals surface area contributed by atoms with E-state index in [1.165, 1.54) is 0 Å². The molecule has 2 aliphatic carbocycles. The minimum atomic E-state index is 0.186. The van der Waals surface area contributed by atoms with Gasteiger partial charge in [-0.1, -0.05) is 12.8 Å². The summed E-state index contributed by atoms with van der Waals surface area (Å²) in [5.41, 5.74) is 3.38. The number of nitrogens with zero attached hydrogens (tertiary/aromatic N) is 2. The number of fused-ring (bicyclic) bond motifs is 4. The molecule has 0 amide bonds. The molecule has 4 N–H and O–H groups in total. The molecule has 4 aliphatic rings. The third-order valence-corrected chi connectivity index (χ3v) is 7.34. The van der Waals surface area contributed by atoms with Crippen molar-refractivity contribution >= 4 is 0 Å². The van der Waals surface area contributed by atoms with E-state index in [0.29, 0.717) is 38.8 Å². The van der Waals surface area contributed by atoms with Crippen LogP contribution in [0, 0.1) is 0 Å². The summed E-state index contributed by atoms with van der Waals surface area (Å²) in [6, 6.07) is 0. The molecular formula is C22H28N2O6. The molecule has 2 aromatic rings. The van der Waals surface area contributed by atoms with Crippen molar-refractivity contribution < 1.29 is 29.9 Å². The van der Waals surface area contributed by atoms with Gasteiger partial charge in [-0.15, -0.1) is 0 Å². The minimum absolute atomic E-state index is 0.186. The smallest absolute Gasteiger partial charge is 0.197 e. The molecule has 2 saturated heterocycles. The molecular weight excluding hydrogens is 388 g/mol. The van der Waals surface area contributed by atoms with Crippen LogP contribution in [0.3, 0.4) is 0 Å². The SMILES string of the molecule is Oc1c2c(c(O)n1CCCCCCn1c(O)c3c(c1O)CC1OC1C3)CC1OC1C2. The quantitative estimate of drug-likeness (QED) is 0.406. The monoisotopic (exact) mass is 416 g/mol. The van der Waals surface area contributed by atoms with Crippen molar-refractivity contribution in [3.63, 3.8) is 0 Å². The van der Waals surface area contributed by atoms with Crippen molar-refractivity contribution in [2.75, 3.05) is 0 Å². The van der Waals surface area contributed by atoms with Gasteiger partial charge in [0.25, 0.3) is 0 Å². The second kappa shape index (κ2) is 6.59. The number of hydrogen-bond donors (Lipinski definition) is 4. The molecule has 0 saturated carbocycles. The first-order valence-corrected chi connectivity index (χ1v) is 11.1. The summed E-state index contributed by atoms with van der Waals surface area (Å²) in [7, 11) is 0. The Balaban J connectivity index is 1.01. The maximum atomic E-state index is 10.5. The first kappa shape index (κ1) is 18.4. The Morgan fingerprint density at radius 2 is 0.833 bits per heavy atom. The van der Waals surface area contributed by atoms with Crippen LogP contribution in [0.4, 0.5) is 0 Å². The van der Waals surface area contributed by atoms with E-state index in [1.54, 1.807) is 9.13 Å². The maximum Gasteiger partial charge on any atom is 0.197 e. The minimum Gasteiger partial charge on any atom is -0.494 e. The fourth-order valence-electron chi connectivity index (χ4n) is 5.45. The molecule has 0 bridgehead atoms. The Kier molecular flexibility index (Phi) is 4.05. The van der Waals surface area contributed by atoms with E-state index in [2.05, 4.69) is 0 Å². The topological polar surface area (TPSA) is 116 Å². The number of aromatic hydroxyl groups is 4. The molecule has 30 heavy (non-hydrogen) atoms. The highest BCUT2D eigenvalue weighted by molar-refractivity contribution is 5.49. The summed E-state index contributed by atoms with van der Waals surface area (Å²) in [6.07, 6.45) is 7.18. The highest BCUT2D eigenvalue weighted by Gasteiger charge is 2.47. The zero-order valence-electron chi connectivity index (χ0n) is 16.9. The third-order valence-electron chi connectivity index (χ3n) is 7.34. The summed E-state index contributed by atoms with van der Waals surface area (Å²) >= 11 is 0. The number of ether oxygens (including phenoxy) is 2. The zero-order chi connectivity index (χ0) is 20.6. The lowest BCUT2D eigenvalue weighted by molar-refractivity contribution is 0.342. The summed E-state index contributed by atoms with van der Waals surface area (Å²) in [5, 5.41) is 41.9. The average molecular weight is 416 g/mol. The van der Waals surface area contributed by atoms with Crippen LogP contribution >= 0.6 is 0 Å². The van der Waals surface area contributed by atoms with Crippen molar-refractivity contribution in [1.29, 1.82) is 0 Å². The van der Waals surface area contributed by atoms with Crippen molar-refractivity contribution in [2.24, 2.45) is 0 Å². The van der Waals surface area contributed by atoms with Gasteiger partial charge in [0.15, 0.2) is 23.5 Å². The Hall–Kier alpha value is -2.32. The van der Waals surface area contributed by atoms with Gasteiger partial charge in [0, 0.05) is 61.0 Å². The molecule has 8 nitrogen and oxygen atoms in total. The fourth-order valence-corrected chi connectivity index (χ4v) is 5.45. The van der Waals surface area contributed by atoms with Crippen LogP contribution in [0.25, 0.3) is 0 Å². The van der Waals surface area contributed by atoms with Crippen LogP contribution in [0.15, 0.2) is 0 Å². The lowest BCUT2D eigenvalue weighted by atomic mass is 9.95. The number of unbranched alkanes of at least 4 members (excludes halogenated alkanes) is 3. The zero-order valence-corrected chi connectivity index (χ0v) is 16.9. The van der Waals surface area contributed by atoms with Gasteiger partial charge in [-0.2, -0.15) is 0 Å². The molecule has 4 heterocycles. The predicted octanol–water partition coefficient (Wildman–Crippen LogP) is 2.10. The van der Waals surface area contributed by atoms with Gasteiger partial charge in [0.05, 0.1) is 24.4 Å². The van der Waals surface area contributed by atoms with Crippen LogP contribution in [-0.2, 0) is 48.2 Å². The van der Waals surface area contributed by atoms with E-state index >= 15 is 0 Å². The third kappa shape index (κ3) is 2.80. The van der Waals surface area contributed by atoms with Crippen molar-refractivity contribution in [3.05, 3.63) is 22.3 Å². The molecule has 4 atom stereocenters. The van der Waals surface area contributed by atoms with Gasteiger partial charge in [-0.05, 0) is 12.8 Å². The second-order valence-corrected chi connectivity index (χ2v) is 9.17. The van der Waals surface area contributed by atoms with Crippen molar-refractivity contribution in [3.8, 4) is 23.5 Å². The van der Waals surface area contributed by atoms with E-state index in [1.807, 2.05) is 0 Å². The van der Waals surface area contributed by atoms with Gasteiger partial charge < -0.3 is 29.9 Å². The maximum absolute atomic E-state index is 10.5. The number of rotatable bonds is 7. The summed E-state index contributed by atoms with van der Waals surface area (Å²) in [4.78, 5) is 0. The van der Waals surface area contributed by atoms with Gasteiger partial charge in [0.1, 0.15) is 0 Å². The van der Waals surface area contributed by atoms with Crippen LogP contribution in [0.1, 0.15) is 47.9 Å². The predicted molar refractivity (Wildman–Crippen MR) is 106 cm³/mol. The second-order valence-electron chi connectivity index (χ2n) is 9.17. The van der Waals surface area contributed by atoms with Crippen LogP contribution in [0.5, 0.6) is 23.5 Å². The summed E-state index contributed by atoms with van der Waals surface area (Å²) in [6.45, 7) is 1.16. The van der Waals surface area contributed by atoms with Gasteiger partial charge >= 0.3 is 0 Å². The Bertz CT molecular complexity index is 861. The largest absolute Gasteiger partial charge is 0.494 e. The lowest BCUT2D eigenvalue weighted by Gasteiger charge is -2.09. The Labute approximate surface area is 174 Å². The number of aromatic nitrogens is 2. The summed E-state index contributed by atoms with van der Waals surface area (Å²) < 4.78 is 14.3. The van der Waals surface area contributed by atoms with E-state index < -0.39 is 0 Å². The molecule has 0 radical (unpaired) electrons. The number of epoxide rings is 2. The molecule has 4 unspecified atom stereocenters. The van der Waals surface area contributed by atoms with Gasteiger partial charge in [-0.25, -0.2) is 0 Å². The first-order chi connectivity index (χ1) is 14.5. The highest BCUT2D eigenvalue weighted by atomic mass is 16.6. The molecule has 162 valence electrons. The van der Waals surface area contributed by atoms with E-state index in [4.69, 9.17) is 9.47 Å². The van der Waals surface area contributed by atoms with E-state index in [9.17, 15) is 20.4 Å². The first-order valence-electron chi connectivity index (χ1n) is 11.1. The van der Waals surface area contributed by atoms with Gasteiger partial charge in [-0.3, -0.25) is 9.13 Å². The van der Waals surface area contributed by atoms with Crippen molar-refractivity contribution in [2.45, 2.75) is 88.9 Å². The molecule has 0 spiro atoms. The fraction of sp³-hybridized carbons (Fsp3) is 0.636. The van der Waals surface area contributed by atoms with Crippen LogP contribution in [0.2, 0.25) is 0 Å². The highest BCUT2D eigenvalue weighted by Crippen LogP contribution is 2.46.